The zero-order valence-electron chi connectivity index (χ0n) is 16.4. The van der Waals surface area contributed by atoms with E-state index < -0.39 is 5.41 Å². The molecule has 7 nitrogen and oxygen atoms in total. The van der Waals surface area contributed by atoms with Crippen molar-refractivity contribution in [3.8, 4) is 0 Å². The van der Waals surface area contributed by atoms with Crippen molar-refractivity contribution in [3.05, 3.63) is 29.8 Å². The summed E-state index contributed by atoms with van der Waals surface area (Å²) < 4.78 is 0. The number of halogens is 1. The number of hydrogen-bond acceptors (Lipinski definition) is 3. The van der Waals surface area contributed by atoms with Crippen LogP contribution in [-0.2, 0) is 9.59 Å². The van der Waals surface area contributed by atoms with E-state index in [9.17, 15) is 9.59 Å². The average molecular weight is 487 g/mol. The number of hydrogen-bond donors (Lipinski definition) is 4. The van der Waals surface area contributed by atoms with Crippen LogP contribution >= 0.6 is 24.0 Å². The standard InChI is InChI=1S/C19H29N5O2.HI/c1-5-21-18(23-12-19(2,3)17(26)20-4)22-11-13-10-16(25)24-15-9-7-6-8-14(13)15;/h6-9,13H,5,10-12H2,1-4H3,(H,20,26)(H,24,25)(H2,21,22,23);1H. The van der Waals surface area contributed by atoms with Crippen LogP contribution < -0.4 is 21.3 Å². The molecule has 1 unspecified atom stereocenters. The van der Waals surface area contributed by atoms with Crippen molar-refractivity contribution >= 4 is 47.4 Å². The predicted octanol–water partition coefficient (Wildman–Crippen LogP) is 2.06. The van der Waals surface area contributed by atoms with Crippen molar-refractivity contribution in [3.63, 3.8) is 0 Å². The van der Waals surface area contributed by atoms with Crippen molar-refractivity contribution in [1.82, 2.24) is 16.0 Å². The molecule has 27 heavy (non-hydrogen) atoms. The fourth-order valence-electron chi connectivity index (χ4n) is 2.93. The molecular formula is C19H30IN5O2. The number of rotatable bonds is 6. The van der Waals surface area contributed by atoms with Gasteiger partial charge >= 0.3 is 0 Å². The van der Waals surface area contributed by atoms with Gasteiger partial charge in [-0.25, -0.2) is 0 Å². The van der Waals surface area contributed by atoms with Gasteiger partial charge in [0.15, 0.2) is 5.96 Å². The number of nitrogens with one attached hydrogen (secondary N) is 4. The Morgan fingerprint density at radius 3 is 2.67 bits per heavy atom. The lowest BCUT2D eigenvalue weighted by atomic mass is 9.90. The van der Waals surface area contributed by atoms with Gasteiger partial charge in [-0.05, 0) is 32.4 Å². The Kier molecular flexibility index (Phi) is 9.01. The molecule has 150 valence electrons. The lowest BCUT2D eigenvalue weighted by Gasteiger charge is -2.26. The molecular weight excluding hydrogens is 457 g/mol. The molecule has 1 aliphatic rings. The molecule has 4 N–H and O–H groups in total. The predicted molar refractivity (Wildman–Crippen MR) is 120 cm³/mol. The summed E-state index contributed by atoms with van der Waals surface area (Å²) in [6.07, 6.45) is 0.438. The molecule has 1 atom stereocenters. The number of fused-ring (bicyclic) bond motifs is 1. The maximum atomic E-state index is 11.9. The van der Waals surface area contributed by atoms with E-state index in [2.05, 4.69) is 26.3 Å². The van der Waals surface area contributed by atoms with E-state index in [1.807, 2.05) is 45.0 Å². The molecule has 0 bridgehead atoms. The monoisotopic (exact) mass is 487 g/mol. The van der Waals surface area contributed by atoms with E-state index in [0.717, 1.165) is 11.3 Å². The van der Waals surface area contributed by atoms with Gasteiger partial charge in [0.1, 0.15) is 0 Å². The van der Waals surface area contributed by atoms with Crippen LogP contribution in [0.3, 0.4) is 0 Å². The molecule has 1 aliphatic heterocycles. The maximum absolute atomic E-state index is 11.9. The van der Waals surface area contributed by atoms with Crippen molar-refractivity contribution < 1.29 is 9.59 Å². The van der Waals surface area contributed by atoms with E-state index in [1.165, 1.54) is 0 Å². The Bertz CT molecular complexity index is 690. The minimum atomic E-state index is -0.589. The van der Waals surface area contributed by atoms with Gasteiger partial charge in [-0.3, -0.25) is 14.6 Å². The number of amides is 2. The second-order valence-corrected chi connectivity index (χ2v) is 7.08. The first-order chi connectivity index (χ1) is 12.4. The molecule has 0 radical (unpaired) electrons. The van der Waals surface area contributed by atoms with Crippen LogP contribution in [0.1, 0.15) is 38.7 Å². The summed E-state index contributed by atoms with van der Waals surface area (Å²) in [6.45, 7) is 7.39. The summed E-state index contributed by atoms with van der Waals surface area (Å²) in [4.78, 5) is 28.4. The van der Waals surface area contributed by atoms with Gasteiger partial charge in [0, 0.05) is 38.2 Å². The van der Waals surface area contributed by atoms with Crippen LogP contribution in [0.5, 0.6) is 0 Å². The SMILES string of the molecule is CCNC(=NCC(C)(C)C(=O)NC)NCC1CC(=O)Nc2ccccc21.I. The molecule has 8 heteroatoms. The smallest absolute Gasteiger partial charge is 0.227 e. The Hall–Kier alpha value is -1.84. The number of nitrogens with zero attached hydrogens (tertiary/aromatic N) is 1. The Morgan fingerprint density at radius 2 is 2.00 bits per heavy atom. The quantitative estimate of drug-likeness (QED) is 0.281. The maximum Gasteiger partial charge on any atom is 0.227 e. The van der Waals surface area contributed by atoms with Gasteiger partial charge in [-0.15, -0.1) is 24.0 Å². The summed E-state index contributed by atoms with van der Waals surface area (Å²) in [5, 5.41) is 12.1. The highest BCUT2D eigenvalue weighted by molar-refractivity contribution is 14.0. The highest BCUT2D eigenvalue weighted by Crippen LogP contribution is 2.31. The summed E-state index contributed by atoms with van der Waals surface area (Å²) in [5.41, 5.74) is 1.41. The van der Waals surface area contributed by atoms with E-state index in [0.29, 0.717) is 32.0 Å². The summed E-state index contributed by atoms with van der Waals surface area (Å²) in [5.74, 6) is 0.705. The molecule has 1 aromatic rings. The fourth-order valence-corrected chi connectivity index (χ4v) is 2.93. The number of carbonyl (C=O) groups is 2. The fraction of sp³-hybridized carbons (Fsp3) is 0.526. The highest BCUT2D eigenvalue weighted by atomic mass is 127. The average Bonchev–Trinajstić information content (AvgIpc) is 2.62. The highest BCUT2D eigenvalue weighted by Gasteiger charge is 2.27. The molecule has 0 aliphatic carbocycles. The minimum Gasteiger partial charge on any atom is -0.359 e. The Labute approximate surface area is 178 Å². The summed E-state index contributed by atoms with van der Waals surface area (Å²) >= 11 is 0. The lowest BCUT2D eigenvalue weighted by Crippen LogP contribution is -2.42. The summed E-state index contributed by atoms with van der Waals surface area (Å²) in [7, 11) is 1.63. The van der Waals surface area contributed by atoms with Gasteiger partial charge in [-0.1, -0.05) is 18.2 Å². The van der Waals surface area contributed by atoms with Crippen molar-refractivity contribution in [1.29, 1.82) is 0 Å². The van der Waals surface area contributed by atoms with Crippen LogP contribution in [0.4, 0.5) is 5.69 Å². The first kappa shape index (κ1) is 23.2. The molecule has 1 heterocycles. The van der Waals surface area contributed by atoms with Crippen LogP contribution in [-0.4, -0.2) is 44.5 Å². The molecule has 2 amide bonds. The molecule has 1 aromatic carbocycles. The van der Waals surface area contributed by atoms with Gasteiger partial charge in [0.05, 0.1) is 12.0 Å². The van der Waals surface area contributed by atoms with E-state index >= 15 is 0 Å². The van der Waals surface area contributed by atoms with Crippen molar-refractivity contribution in [2.75, 3.05) is 32.0 Å². The Morgan fingerprint density at radius 1 is 1.30 bits per heavy atom. The van der Waals surface area contributed by atoms with E-state index in [1.54, 1.807) is 7.05 Å². The number of carbonyl (C=O) groups excluding carboxylic acids is 2. The van der Waals surface area contributed by atoms with Crippen LogP contribution in [0.15, 0.2) is 29.3 Å². The molecule has 0 aromatic heterocycles. The van der Waals surface area contributed by atoms with Crippen molar-refractivity contribution in [2.24, 2.45) is 10.4 Å². The van der Waals surface area contributed by atoms with Crippen LogP contribution in [0, 0.1) is 5.41 Å². The third-order valence-corrected chi connectivity index (χ3v) is 4.44. The van der Waals surface area contributed by atoms with Crippen molar-refractivity contribution in [2.45, 2.75) is 33.1 Å². The van der Waals surface area contributed by atoms with Gasteiger partial charge < -0.3 is 21.3 Å². The largest absolute Gasteiger partial charge is 0.359 e. The second kappa shape index (κ2) is 10.5. The Balaban J connectivity index is 0.00000364. The zero-order chi connectivity index (χ0) is 19.2. The first-order valence-corrected chi connectivity index (χ1v) is 9.00. The lowest BCUT2D eigenvalue weighted by molar-refractivity contribution is -0.128. The second-order valence-electron chi connectivity index (χ2n) is 7.08. The van der Waals surface area contributed by atoms with E-state index in [4.69, 9.17) is 0 Å². The first-order valence-electron chi connectivity index (χ1n) is 9.00. The molecule has 2 rings (SSSR count). The van der Waals surface area contributed by atoms with Crippen LogP contribution in [0.25, 0.3) is 0 Å². The number of guanidine groups is 1. The summed E-state index contributed by atoms with van der Waals surface area (Å²) in [6, 6.07) is 7.86. The number of benzene rings is 1. The molecule has 0 spiro atoms. The minimum absolute atomic E-state index is 0. The number of para-hydroxylation sites is 1. The van der Waals surface area contributed by atoms with Gasteiger partial charge in [0.2, 0.25) is 11.8 Å². The number of anilines is 1. The topological polar surface area (TPSA) is 94.6 Å². The molecule has 0 saturated heterocycles. The molecule has 0 saturated carbocycles. The van der Waals surface area contributed by atoms with Gasteiger partial charge in [-0.2, -0.15) is 0 Å². The van der Waals surface area contributed by atoms with Crippen LogP contribution in [0.2, 0.25) is 0 Å². The van der Waals surface area contributed by atoms with E-state index in [-0.39, 0.29) is 41.7 Å². The third-order valence-electron chi connectivity index (χ3n) is 4.44. The normalized spacial score (nSPS) is 16.5. The van der Waals surface area contributed by atoms with Gasteiger partial charge in [0.25, 0.3) is 0 Å². The third kappa shape index (κ3) is 6.37. The number of aliphatic imine (C=N–C) groups is 1. The zero-order valence-corrected chi connectivity index (χ0v) is 18.7. The molecule has 0 fully saturated rings.